The molecule has 0 aliphatic carbocycles. The second kappa shape index (κ2) is 18.3. The number of fused-ring (bicyclic) bond motifs is 1. The number of carboxylic acids is 1. The number of benzene rings is 3. The zero-order valence-electron chi connectivity index (χ0n) is 31.5. The van der Waals surface area contributed by atoms with Gasteiger partial charge in [-0.1, -0.05) is 56.3 Å². The van der Waals surface area contributed by atoms with E-state index in [0.29, 0.717) is 36.4 Å². The van der Waals surface area contributed by atoms with Crippen molar-refractivity contribution in [3.05, 3.63) is 106 Å². The van der Waals surface area contributed by atoms with Gasteiger partial charge in [-0.3, -0.25) is 14.4 Å². The Labute approximate surface area is 322 Å². The van der Waals surface area contributed by atoms with Gasteiger partial charge < -0.3 is 44.9 Å². The Morgan fingerprint density at radius 3 is 2.11 bits per heavy atom. The van der Waals surface area contributed by atoms with Gasteiger partial charge in [-0.15, -0.1) is 0 Å². The maximum atomic E-state index is 15.3. The normalized spacial score (nSPS) is 13.8. The molecule has 0 saturated carbocycles. The van der Waals surface area contributed by atoms with Gasteiger partial charge in [-0.2, -0.15) is 0 Å². The lowest BCUT2D eigenvalue weighted by Gasteiger charge is -2.35. The summed E-state index contributed by atoms with van der Waals surface area (Å²) in [6.07, 6.45) is -0.0481. The van der Waals surface area contributed by atoms with Crippen molar-refractivity contribution in [3.63, 3.8) is 0 Å². The zero-order valence-corrected chi connectivity index (χ0v) is 31.5. The minimum absolute atomic E-state index is 0.0196. The number of anilines is 2. The SMILES string of the molecule is CCn1cc(C(=O)O)c(=O)c2cc(F)c(N3CCN(C(=O)OCc4ccc(NC(=O)[C@H](C)NC(=O)C(NC(=O)OCc5ccccc5)C(C)C)cc4)CC3)cc21. The average Bonchev–Trinajstić information content (AvgIpc) is 3.19. The van der Waals surface area contributed by atoms with Crippen molar-refractivity contribution < 1.29 is 42.9 Å². The number of piperazine rings is 1. The quantitative estimate of drug-likeness (QED) is 0.148. The Hall–Kier alpha value is -6.45. The number of carbonyl (C=O) groups is 5. The predicted octanol–water partition coefficient (Wildman–Crippen LogP) is 4.71. The summed E-state index contributed by atoms with van der Waals surface area (Å²) in [5.74, 6) is -3.36. The van der Waals surface area contributed by atoms with Crippen LogP contribution in [0.25, 0.3) is 10.9 Å². The molecule has 56 heavy (non-hydrogen) atoms. The molecule has 3 aromatic carbocycles. The van der Waals surface area contributed by atoms with Gasteiger partial charge in [0.15, 0.2) is 0 Å². The number of pyridine rings is 1. The minimum atomic E-state index is -1.38. The average molecular weight is 773 g/mol. The van der Waals surface area contributed by atoms with Crippen LogP contribution in [0, 0.1) is 11.7 Å². The van der Waals surface area contributed by atoms with E-state index in [-0.39, 0.29) is 43.3 Å². The molecule has 1 fully saturated rings. The van der Waals surface area contributed by atoms with Gasteiger partial charge in [0.05, 0.1) is 11.2 Å². The van der Waals surface area contributed by atoms with E-state index < -0.39 is 58.9 Å². The monoisotopic (exact) mass is 772 g/mol. The maximum Gasteiger partial charge on any atom is 0.410 e. The number of ether oxygens (including phenoxy) is 2. The van der Waals surface area contributed by atoms with Crippen LogP contribution in [0.15, 0.2) is 77.7 Å². The number of hydrogen-bond donors (Lipinski definition) is 4. The molecule has 2 heterocycles. The highest BCUT2D eigenvalue weighted by Crippen LogP contribution is 2.27. The molecule has 15 nitrogen and oxygen atoms in total. The number of halogens is 1. The fourth-order valence-electron chi connectivity index (χ4n) is 6.15. The maximum absolute atomic E-state index is 15.3. The molecule has 4 aromatic rings. The third-order valence-corrected chi connectivity index (χ3v) is 9.37. The van der Waals surface area contributed by atoms with Crippen LogP contribution in [0.3, 0.4) is 0 Å². The van der Waals surface area contributed by atoms with Crippen LogP contribution in [-0.2, 0) is 38.8 Å². The van der Waals surface area contributed by atoms with Crippen LogP contribution in [0.1, 0.15) is 49.2 Å². The molecule has 1 aliphatic rings. The Morgan fingerprint density at radius 1 is 0.839 bits per heavy atom. The second-order valence-electron chi connectivity index (χ2n) is 13.7. The molecule has 1 aliphatic heterocycles. The van der Waals surface area contributed by atoms with Crippen molar-refractivity contribution in [2.24, 2.45) is 5.92 Å². The van der Waals surface area contributed by atoms with E-state index in [4.69, 9.17) is 9.47 Å². The van der Waals surface area contributed by atoms with E-state index in [1.807, 2.05) is 30.3 Å². The van der Waals surface area contributed by atoms with Gasteiger partial charge in [0.25, 0.3) is 0 Å². The first-order valence-electron chi connectivity index (χ1n) is 18.2. The summed E-state index contributed by atoms with van der Waals surface area (Å²) >= 11 is 0. The lowest BCUT2D eigenvalue weighted by atomic mass is 10.0. The number of nitrogens with zero attached hydrogens (tertiary/aromatic N) is 3. The van der Waals surface area contributed by atoms with Crippen LogP contribution in [0.5, 0.6) is 0 Å². The number of aromatic nitrogens is 1. The van der Waals surface area contributed by atoms with Crippen molar-refractivity contribution in [1.82, 2.24) is 20.1 Å². The lowest BCUT2D eigenvalue weighted by molar-refractivity contribution is -0.128. The summed E-state index contributed by atoms with van der Waals surface area (Å²) in [6, 6.07) is 16.5. The molecule has 0 spiro atoms. The first-order chi connectivity index (χ1) is 26.7. The third-order valence-electron chi connectivity index (χ3n) is 9.37. The number of alkyl carbamates (subject to hydrolysis) is 1. The molecule has 4 amide bonds. The molecule has 1 unspecified atom stereocenters. The fourth-order valence-corrected chi connectivity index (χ4v) is 6.15. The largest absolute Gasteiger partial charge is 0.477 e. The van der Waals surface area contributed by atoms with E-state index in [9.17, 15) is 33.9 Å². The van der Waals surface area contributed by atoms with Gasteiger partial charge >= 0.3 is 18.2 Å². The highest BCUT2D eigenvalue weighted by Gasteiger charge is 2.28. The topological polar surface area (TPSA) is 189 Å². The third kappa shape index (κ3) is 9.99. The number of carbonyl (C=O) groups excluding carboxylic acids is 4. The van der Waals surface area contributed by atoms with Crippen molar-refractivity contribution in [2.75, 3.05) is 36.4 Å². The van der Waals surface area contributed by atoms with E-state index >= 15 is 4.39 Å². The molecule has 2 atom stereocenters. The number of hydrogen-bond acceptors (Lipinski definition) is 9. The smallest absolute Gasteiger partial charge is 0.410 e. The molecule has 296 valence electrons. The number of nitrogens with one attached hydrogen (secondary N) is 3. The van der Waals surface area contributed by atoms with E-state index in [2.05, 4.69) is 16.0 Å². The molecule has 5 rings (SSSR count). The molecular weight excluding hydrogens is 727 g/mol. The van der Waals surface area contributed by atoms with Crippen molar-refractivity contribution >= 4 is 52.2 Å². The van der Waals surface area contributed by atoms with Crippen LogP contribution in [0.2, 0.25) is 0 Å². The number of rotatable bonds is 13. The molecule has 1 saturated heterocycles. The second-order valence-corrected chi connectivity index (χ2v) is 13.7. The van der Waals surface area contributed by atoms with Crippen LogP contribution >= 0.6 is 0 Å². The van der Waals surface area contributed by atoms with Crippen molar-refractivity contribution in [1.29, 1.82) is 0 Å². The standard InChI is InChI=1S/C40H45FN6O9/c1-5-45-21-30(38(51)52)35(48)29-19-31(41)33(20-32(29)45)46-15-17-47(18-16-46)40(54)56-23-27-11-13-28(14-12-27)43-36(49)25(4)42-37(50)34(24(2)3)44-39(53)55-22-26-9-7-6-8-10-26/h6-14,19-21,24-25,34H,5,15-18,22-23H2,1-4H3,(H,42,50)(H,43,49)(H,44,53)(H,51,52)/t25-,34?/m0/s1. The van der Waals surface area contributed by atoms with Gasteiger partial charge in [0, 0.05) is 50.0 Å². The number of aryl methyl sites for hydroxylation is 1. The summed E-state index contributed by atoms with van der Waals surface area (Å²) in [4.78, 5) is 78.7. The van der Waals surface area contributed by atoms with Crippen molar-refractivity contribution in [2.45, 2.75) is 59.5 Å². The summed E-state index contributed by atoms with van der Waals surface area (Å²) in [7, 11) is 0. The number of aromatic carboxylic acids is 1. The number of amides is 4. The fraction of sp³-hybridized carbons (Fsp3) is 0.350. The Balaban J connectivity index is 1.07. The van der Waals surface area contributed by atoms with Crippen LogP contribution < -0.4 is 26.3 Å². The van der Waals surface area contributed by atoms with Gasteiger partial charge in [-0.25, -0.2) is 18.8 Å². The number of carboxylic acid groups (broad SMARTS) is 1. The van der Waals surface area contributed by atoms with Crippen molar-refractivity contribution in [3.8, 4) is 0 Å². The minimum Gasteiger partial charge on any atom is -0.477 e. The Bertz CT molecular complexity index is 2130. The molecule has 16 heteroatoms. The van der Waals surface area contributed by atoms with Gasteiger partial charge in [0.1, 0.15) is 36.7 Å². The summed E-state index contributed by atoms with van der Waals surface area (Å²) in [6.45, 7) is 8.30. The summed E-state index contributed by atoms with van der Waals surface area (Å²) in [5, 5.41) is 17.3. The van der Waals surface area contributed by atoms with Gasteiger partial charge in [0.2, 0.25) is 17.2 Å². The zero-order chi connectivity index (χ0) is 40.5. The highest BCUT2D eigenvalue weighted by atomic mass is 19.1. The first kappa shape index (κ1) is 40.7. The molecule has 4 N–H and O–H groups in total. The van der Waals surface area contributed by atoms with Crippen LogP contribution in [-0.4, -0.2) is 82.8 Å². The van der Waals surface area contributed by atoms with E-state index in [1.165, 1.54) is 24.1 Å². The van der Waals surface area contributed by atoms with E-state index in [0.717, 1.165) is 11.6 Å². The molecular formula is C40H45FN6O9. The molecule has 0 bridgehead atoms. The first-order valence-corrected chi connectivity index (χ1v) is 18.2. The summed E-state index contributed by atoms with van der Waals surface area (Å²) < 4.78 is 27.6. The molecule has 0 radical (unpaired) electrons. The lowest BCUT2D eigenvalue weighted by Crippen LogP contribution is -2.53. The van der Waals surface area contributed by atoms with Crippen LogP contribution in [0.4, 0.5) is 25.4 Å². The molecule has 1 aromatic heterocycles. The van der Waals surface area contributed by atoms with E-state index in [1.54, 1.807) is 54.5 Å². The Morgan fingerprint density at radius 2 is 1.48 bits per heavy atom. The Kier molecular flexibility index (Phi) is 13.3. The van der Waals surface area contributed by atoms with Gasteiger partial charge in [-0.05, 0) is 55.2 Å². The highest BCUT2D eigenvalue weighted by molar-refractivity contribution is 5.98. The summed E-state index contributed by atoms with van der Waals surface area (Å²) in [5.41, 5.74) is 1.38. The predicted molar refractivity (Wildman–Crippen MR) is 206 cm³/mol.